The van der Waals surface area contributed by atoms with Gasteiger partial charge in [0.1, 0.15) is 6.04 Å². The first kappa shape index (κ1) is 18.0. The number of benzene rings is 1. The van der Waals surface area contributed by atoms with Crippen molar-refractivity contribution in [3.05, 3.63) is 35.4 Å². The lowest BCUT2D eigenvalue weighted by atomic mass is 10.1. The second kappa shape index (κ2) is 7.95. The van der Waals surface area contributed by atoms with Gasteiger partial charge in [-0.2, -0.15) is 0 Å². The Hall–Kier alpha value is -2.37. The second-order valence-electron chi connectivity index (χ2n) is 6.12. The van der Waals surface area contributed by atoms with Gasteiger partial charge in [0.15, 0.2) is 0 Å². The zero-order chi connectivity index (χ0) is 17.7. The minimum absolute atomic E-state index is 0.0248. The molecule has 1 unspecified atom stereocenters. The van der Waals surface area contributed by atoms with Gasteiger partial charge in [-0.15, -0.1) is 0 Å². The molecule has 0 bridgehead atoms. The van der Waals surface area contributed by atoms with Crippen molar-refractivity contribution in [1.82, 2.24) is 9.80 Å². The van der Waals surface area contributed by atoms with E-state index in [0.717, 1.165) is 11.1 Å². The van der Waals surface area contributed by atoms with Gasteiger partial charge in [0, 0.05) is 26.1 Å². The van der Waals surface area contributed by atoms with Crippen LogP contribution in [0.4, 0.5) is 0 Å². The molecule has 1 aliphatic heterocycles. The number of likely N-dealkylation sites (tertiary alicyclic amines) is 1. The number of carboxylic acids is 1. The molecule has 1 atom stereocenters. The van der Waals surface area contributed by atoms with E-state index in [1.165, 1.54) is 4.90 Å². The van der Waals surface area contributed by atoms with Crippen molar-refractivity contribution in [2.75, 3.05) is 13.1 Å². The number of nitrogens with zero attached hydrogens (tertiary/aromatic N) is 2. The van der Waals surface area contributed by atoms with Gasteiger partial charge in [-0.3, -0.25) is 14.4 Å². The summed E-state index contributed by atoms with van der Waals surface area (Å²) < 4.78 is 0. The smallest absolute Gasteiger partial charge is 0.305 e. The van der Waals surface area contributed by atoms with Crippen molar-refractivity contribution in [2.45, 2.75) is 45.7 Å². The topological polar surface area (TPSA) is 77.9 Å². The zero-order valence-electron chi connectivity index (χ0n) is 14.2. The molecule has 1 fully saturated rings. The van der Waals surface area contributed by atoms with E-state index in [0.29, 0.717) is 25.9 Å². The van der Waals surface area contributed by atoms with Crippen molar-refractivity contribution in [2.24, 2.45) is 0 Å². The molecule has 0 saturated carbocycles. The van der Waals surface area contributed by atoms with Crippen LogP contribution in [0.5, 0.6) is 0 Å². The third-order valence-electron chi connectivity index (χ3n) is 4.38. The predicted molar refractivity (Wildman–Crippen MR) is 89.3 cm³/mol. The van der Waals surface area contributed by atoms with Crippen LogP contribution in [0.3, 0.4) is 0 Å². The van der Waals surface area contributed by atoms with Crippen molar-refractivity contribution in [3.8, 4) is 0 Å². The van der Waals surface area contributed by atoms with E-state index in [4.69, 9.17) is 5.11 Å². The number of carbonyl (C=O) groups excluding carboxylic acids is 2. The number of carboxylic acid groups (broad SMARTS) is 1. The Bertz CT molecular complexity index is 612. The van der Waals surface area contributed by atoms with Crippen LogP contribution >= 0.6 is 0 Å². The highest BCUT2D eigenvalue weighted by Gasteiger charge is 2.37. The standard InChI is InChI=1S/C18H24N2O4/c1-3-19(11-10-17(22)23)18(24)15-8-9-16(21)20(15)12-14-6-4-13(2)5-7-14/h4-7,15H,3,8-12H2,1-2H3,(H,22,23). The van der Waals surface area contributed by atoms with E-state index < -0.39 is 12.0 Å². The van der Waals surface area contributed by atoms with Crippen LogP contribution in [0.1, 0.15) is 37.3 Å². The predicted octanol–water partition coefficient (Wildman–Crippen LogP) is 1.81. The van der Waals surface area contributed by atoms with Crippen LogP contribution < -0.4 is 0 Å². The van der Waals surface area contributed by atoms with E-state index in [9.17, 15) is 14.4 Å². The molecule has 0 radical (unpaired) electrons. The molecular weight excluding hydrogens is 308 g/mol. The molecule has 6 heteroatoms. The Morgan fingerprint density at radius 1 is 1.29 bits per heavy atom. The van der Waals surface area contributed by atoms with Crippen molar-refractivity contribution < 1.29 is 19.5 Å². The average molecular weight is 332 g/mol. The SMILES string of the molecule is CCN(CCC(=O)O)C(=O)C1CCC(=O)N1Cc1ccc(C)cc1. The van der Waals surface area contributed by atoms with Crippen LogP contribution in [-0.2, 0) is 20.9 Å². The molecule has 1 N–H and O–H groups in total. The van der Waals surface area contributed by atoms with Gasteiger partial charge in [0.05, 0.1) is 6.42 Å². The zero-order valence-corrected chi connectivity index (χ0v) is 14.2. The largest absolute Gasteiger partial charge is 0.481 e. The number of aryl methyl sites for hydroxylation is 1. The highest BCUT2D eigenvalue weighted by Crippen LogP contribution is 2.23. The Morgan fingerprint density at radius 2 is 1.96 bits per heavy atom. The summed E-state index contributed by atoms with van der Waals surface area (Å²) in [5, 5.41) is 8.81. The van der Waals surface area contributed by atoms with E-state index in [1.807, 2.05) is 38.1 Å². The summed E-state index contributed by atoms with van der Waals surface area (Å²) >= 11 is 0. The summed E-state index contributed by atoms with van der Waals surface area (Å²) in [7, 11) is 0. The molecule has 1 aromatic carbocycles. The number of carbonyl (C=O) groups is 3. The van der Waals surface area contributed by atoms with Crippen LogP contribution in [0.2, 0.25) is 0 Å². The molecule has 6 nitrogen and oxygen atoms in total. The van der Waals surface area contributed by atoms with Crippen LogP contribution in [0.15, 0.2) is 24.3 Å². The molecule has 1 heterocycles. The summed E-state index contributed by atoms with van der Waals surface area (Å²) in [6.45, 7) is 4.84. The normalized spacial score (nSPS) is 17.2. The van der Waals surface area contributed by atoms with Gasteiger partial charge in [0.2, 0.25) is 11.8 Å². The van der Waals surface area contributed by atoms with Gasteiger partial charge in [-0.25, -0.2) is 0 Å². The van der Waals surface area contributed by atoms with Gasteiger partial charge in [-0.1, -0.05) is 29.8 Å². The second-order valence-corrected chi connectivity index (χ2v) is 6.12. The minimum atomic E-state index is -0.930. The van der Waals surface area contributed by atoms with Crippen molar-refractivity contribution in [1.29, 1.82) is 0 Å². The maximum Gasteiger partial charge on any atom is 0.305 e. The number of hydrogen-bond acceptors (Lipinski definition) is 3. The monoisotopic (exact) mass is 332 g/mol. The molecule has 2 amide bonds. The number of amides is 2. The number of aliphatic carboxylic acids is 1. The van der Waals surface area contributed by atoms with Gasteiger partial charge in [-0.05, 0) is 25.8 Å². The molecule has 2 rings (SSSR count). The molecule has 1 saturated heterocycles. The average Bonchev–Trinajstić information content (AvgIpc) is 2.90. The quantitative estimate of drug-likeness (QED) is 0.826. The van der Waals surface area contributed by atoms with Crippen molar-refractivity contribution in [3.63, 3.8) is 0 Å². The van der Waals surface area contributed by atoms with Crippen LogP contribution in [-0.4, -0.2) is 51.8 Å². The first-order valence-electron chi connectivity index (χ1n) is 8.28. The maximum atomic E-state index is 12.7. The fraction of sp³-hybridized carbons (Fsp3) is 0.500. The Kier molecular flexibility index (Phi) is 5.95. The van der Waals surface area contributed by atoms with Gasteiger partial charge < -0.3 is 14.9 Å². The summed E-state index contributed by atoms with van der Waals surface area (Å²) in [4.78, 5) is 38.8. The third kappa shape index (κ3) is 4.34. The Morgan fingerprint density at radius 3 is 2.54 bits per heavy atom. The van der Waals surface area contributed by atoms with Gasteiger partial charge >= 0.3 is 5.97 Å². The minimum Gasteiger partial charge on any atom is -0.481 e. The van der Waals surface area contributed by atoms with E-state index in [-0.39, 0.29) is 24.8 Å². The van der Waals surface area contributed by atoms with E-state index in [2.05, 4.69) is 0 Å². The number of likely N-dealkylation sites (N-methyl/N-ethyl adjacent to an activating group) is 1. The lowest BCUT2D eigenvalue weighted by molar-refractivity contribution is -0.143. The van der Waals surface area contributed by atoms with Crippen LogP contribution in [0.25, 0.3) is 0 Å². The van der Waals surface area contributed by atoms with Crippen molar-refractivity contribution >= 4 is 17.8 Å². The summed E-state index contributed by atoms with van der Waals surface area (Å²) in [6.07, 6.45) is 0.768. The molecule has 130 valence electrons. The molecule has 0 aromatic heterocycles. The Balaban J connectivity index is 2.08. The third-order valence-corrected chi connectivity index (χ3v) is 4.38. The molecule has 1 aromatic rings. The highest BCUT2D eigenvalue weighted by atomic mass is 16.4. The Labute approximate surface area is 142 Å². The molecule has 1 aliphatic rings. The fourth-order valence-corrected chi connectivity index (χ4v) is 2.94. The summed E-state index contributed by atoms with van der Waals surface area (Å²) in [6, 6.07) is 7.40. The molecule has 0 aliphatic carbocycles. The molecular formula is C18H24N2O4. The maximum absolute atomic E-state index is 12.7. The van der Waals surface area contributed by atoms with Gasteiger partial charge in [0.25, 0.3) is 0 Å². The molecule has 0 spiro atoms. The summed E-state index contributed by atoms with van der Waals surface area (Å²) in [5.74, 6) is -1.11. The highest BCUT2D eigenvalue weighted by molar-refractivity contribution is 5.91. The molecule has 24 heavy (non-hydrogen) atoms. The number of hydrogen-bond donors (Lipinski definition) is 1. The number of rotatable bonds is 7. The summed E-state index contributed by atoms with van der Waals surface area (Å²) in [5.41, 5.74) is 2.13. The lowest BCUT2D eigenvalue weighted by Gasteiger charge is -2.29. The first-order chi connectivity index (χ1) is 11.4. The van der Waals surface area contributed by atoms with E-state index >= 15 is 0 Å². The van der Waals surface area contributed by atoms with Crippen LogP contribution in [0, 0.1) is 6.92 Å². The lowest BCUT2D eigenvalue weighted by Crippen LogP contribution is -2.47. The van der Waals surface area contributed by atoms with E-state index in [1.54, 1.807) is 4.90 Å². The fourth-order valence-electron chi connectivity index (χ4n) is 2.94. The first-order valence-corrected chi connectivity index (χ1v) is 8.28.